The molecule has 21 heavy (non-hydrogen) atoms. The van der Waals surface area contributed by atoms with Gasteiger partial charge in [-0.15, -0.1) is 5.10 Å². The maximum Gasteiger partial charge on any atom is 0.232 e. The lowest BCUT2D eigenvalue weighted by molar-refractivity contribution is 0.609. The van der Waals surface area contributed by atoms with Crippen LogP contribution in [0.1, 0.15) is 11.6 Å². The first-order chi connectivity index (χ1) is 10.2. The number of aromatic nitrogens is 7. The molecule has 3 N–H and O–H groups in total. The maximum absolute atomic E-state index is 5.72. The molecular formula is C12H13N9. The van der Waals surface area contributed by atoms with E-state index in [1.807, 2.05) is 30.3 Å². The third kappa shape index (κ3) is 3.08. The Morgan fingerprint density at radius 3 is 2.67 bits per heavy atom. The topological polar surface area (TPSA) is 120 Å². The van der Waals surface area contributed by atoms with Crippen molar-refractivity contribution in [2.45, 2.75) is 13.5 Å². The van der Waals surface area contributed by atoms with Gasteiger partial charge in [-0.25, -0.2) is 4.68 Å². The number of hydrogen-bond donors (Lipinski definition) is 2. The first kappa shape index (κ1) is 12.9. The van der Waals surface area contributed by atoms with E-state index in [0.717, 1.165) is 5.69 Å². The van der Waals surface area contributed by atoms with Crippen LogP contribution in [0.5, 0.6) is 0 Å². The number of para-hydroxylation sites is 1. The quantitative estimate of drug-likeness (QED) is 0.711. The van der Waals surface area contributed by atoms with Crippen molar-refractivity contribution in [1.29, 1.82) is 0 Å². The van der Waals surface area contributed by atoms with Gasteiger partial charge in [0, 0.05) is 5.69 Å². The zero-order chi connectivity index (χ0) is 14.7. The molecule has 0 aliphatic rings. The second-order valence-corrected chi connectivity index (χ2v) is 4.31. The van der Waals surface area contributed by atoms with E-state index in [0.29, 0.717) is 24.1 Å². The summed E-state index contributed by atoms with van der Waals surface area (Å²) in [4.78, 5) is 12.5. The molecule has 0 saturated heterocycles. The summed E-state index contributed by atoms with van der Waals surface area (Å²) in [6.07, 6.45) is 0. The largest absolute Gasteiger partial charge is 0.368 e. The van der Waals surface area contributed by atoms with Crippen LogP contribution in [-0.2, 0) is 6.54 Å². The summed E-state index contributed by atoms with van der Waals surface area (Å²) >= 11 is 0. The number of nitrogen functional groups attached to an aromatic ring is 1. The van der Waals surface area contributed by atoms with Crippen molar-refractivity contribution in [3.63, 3.8) is 0 Å². The van der Waals surface area contributed by atoms with Crippen LogP contribution >= 0.6 is 0 Å². The molecule has 0 saturated carbocycles. The van der Waals surface area contributed by atoms with E-state index >= 15 is 0 Å². The average molecular weight is 283 g/mol. The number of nitrogens with zero attached hydrogens (tertiary/aromatic N) is 7. The van der Waals surface area contributed by atoms with Crippen LogP contribution in [0.3, 0.4) is 0 Å². The molecule has 0 radical (unpaired) electrons. The summed E-state index contributed by atoms with van der Waals surface area (Å²) < 4.78 is 1.58. The third-order valence-electron chi connectivity index (χ3n) is 2.73. The van der Waals surface area contributed by atoms with Gasteiger partial charge >= 0.3 is 0 Å². The number of rotatable bonds is 4. The first-order valence-electron chi connectivity index (χ1n) is 6.26. The van der Waals surface area contributed by atoms with Crippen molar-refractivity contribution in [2.24, 2.45) is 0 Å². The monoisotopic (exact) mass is 283 g/mol. The first-order valence-corrected chi connectivity index (χ1v) is 6.26. The molecule has 0 bridgehead atoms. The molecule has 1 aromatic carbocycles. The van der Waals surface area contributed by atoms with E-state index in [1.165, 1.54) is 0 Å². The second-order valence-electron chi connectivity index (χ2n) is 4.31. The Morgan fingerprint density at radius 1 is 1.14 bits per heavy atom. The van der Waals surface area contributed by atoms with Crippen LogP contribution < -0.4 is 11.1 Å². The molecule has 3 rings (SSSR count). The minimum absolute atomic E-state index is 0.143. The Balaban J connectivity index is 1.84. The molecule has 0 aliphatic heterocycles. The maximum atomic E-state index is 5.72. The Bertz CT molecular complexity index is 737. The predicted octanol–water partition coefficient (Wildman–Crippen LogP) is 0.541. The molecule has 2 aromatic heterocycles. The summed E-state index contributed by atoms with van der Waals surface area (Å²) in [5.41, 5.74) is 6.59. The molecular weight excluding hydrogens is 270 g/mol. The van der Waals surface area contributed by atoms with Gasteiger partial charge in [0.15, 0.2) is 5.82 Å². The molecule has 0 aliphatic carbocycles. The van der Waals surface area contributed by atoms with E-state index in [-0.39, 0.29) is 5.95 Å². The van der Waals surface area contributed by atoms with Crippen LogP contribution in [0.25, 0.3) is 0 Å². The molecule has 106 valence electrons. The Kier molecular flexibility index (Phi) is 3.37. The fraction of sp³-hybridized carbons (Fsp3) is 0.167. The Labute approximate surface area is 120 Å². The molecule has 0 unspecified atom stereocenters. The molecule has 0 amide bonds. The number of nitrogens with one attached hydrogen (secondary N) is 1. The SMILES string of the molecule is Cc1nnnn1Cc1nc(N)nc(Nc2ccccc2)n1. The number of anilines is 3. The van der Waals surface area contributed by atoms with Gasteiger partial charge in [-0.05, 0) is 29.5 Å². The van der Waals surface area contributed by atoms with E-state index in [9.17, 15) is 0 Å². The Hall–Kier alpha value is -3.10. The molecule has 9 nitrogen and oxygen atoms in total. The van der Waals surface area contributed by atoms with Crippen LogP contribution in [0.2, 0.25) is 0 Å². The number of hydrogen-bond acceptors (Lipinski definition) is 8. The lowest BCUT2D eigenvalue weighted by Gasteiger charge is -2.07. The molecule has 2 heterocycles. The summed E-state index contributed by atoms with van der Waals surface area (Å²) in [7, 11) is 0. The normalized spacial score (nSPS) is 10.5. The molecule has 3 aromatic rings. The molecule has 9 heteroatoms. The van der Waals surface area contributed by atoms with Crippen molar-refractivity contribution in [3.8, 4) is 0 Å². The van der Waals surface area contributed by atoms with E-state index in [2.05, 4.69) is 35.8 Å². The zero-order valence-corrected chi connectivity index (χ0v) is 11.3. The van der Waals surface area contributed by atoms with Crippen molar-refractivity contribution in [1.82, 2.24) is 35.2 Å². The average Bonchev–Trinajstić information content (AvgIpc) is 2.85. The van der Waals surface area contributed by atoms with Gasteiger partial charge < -0.3 is 11.1 Å². The van der Waals surface area contributed by atoms with Gasteiger partial charge in [-0.3, -0.25) is 0 Å². The minimum atomic E-state index is 0.143. The van der Waals surface area contributed by atoms with E-state index < -0.39 is 0 Å². The highest BCUT2D eigenvalue weighted by Crippen LogP contribution is 2.12. The van der Waals surface area contributed by atoms with Gasteiger partial charge in [0.25, 0.3) is 0 Å². The van der Waals surface area contributed by atoms with Gasteiger partial charge in [0.2, 0.25) is 11.9 Å². The van der Waals surface area contributed by atoms with Crippen molar-refractivity contribution >= 4 is 17.6 Å². The van der Waals surface area contributed by atoms with Gasteiger partial charge in [-0.2, -0.15) is 15.0 Å². The number of aryl methyl sites for hydroxylation is 1. The lowest BCUT2D eigenvalue weighted by atomic mass is 10.3. The number of nitrogens with two attached hydrogens (primary N) is 1. The van der Waals surface area contributed by atoms with Crippen LogP contribution in [0, 0.1) is 6.92 Å². The van der Waals surface area contributed by atoms with Crippen molar-refractivity contribution < 1.29 is 0 Å². The van der Waals surface area contributed by atoms with E-state index in [1.54, 1.807) is 11.6 Å². The highest BCUT2D eigenvalue weighted by molar-refractivity contribution is 5.53. The summed E-state index contributed by atoms with van der Waals surface area (Å²) in [6, 6.07) is 9.58. The zero-order valence-electron chi connectivity index (χ0n) is 11.3. The summed E-state index contributed by atoms with van der Waals surface area (Å²) in [5, 5.41) is 14.3. The third-order valence-corrected chi connectivity index (χ3v) is 2.73. The van der Waals surface area contributed by atoms with Crippen molar-refractivity contribution in [2.75, 3.05) is 11.1 Å². The van der Waals surface area contributed by atoms with Crippen molar-refractivity contribution in [3.05, 3.63) is 42.0 Å². The lowest BCUT2D eigenvalue weighted by Crippen LogP contribution is -2.12. The number of benzene rings is 1. The van der Waals surface area contributed by atoms with Crippen LogP contribution in [-0.4, -0.2) is 35.2 Å². The standard InChI is InChI=1S/C12H13N9/c1-8-18-19-20-21(8)7-10-15-11(13)17-12(16-10)14-9-5-3-2-4-6-9/h2-6H,7H2,1H3,(H3,13,14,15,16,17). The van der Waals surface area contributed by atoms with E-state index in [4.69, 9.17) is 5.73 Å². The highest BCUT2D eigenvalue weighted by Gasteiger charge is 2.08. The van der Waals surface area contributed by atoms with Gasteiger partial charge in [0.1, 0.15) is 12.4 Å². The molecule has 0 spiro atoms. The second kappa shape index (κ2) is 5.49. The number of tetrazole rings is 1. The predicted molar refractivity (Wildman–Crippen MR) is 75.6 cm³/mol. The molecule has 0 atom stereocenters. The fourth-order valence-electron chi connectivity index (χ4n) is 1.74. The highest BCUT2D eigenvalue weighted by atomic mass is 15.5. The smallest absolute Gasteiger partial charge is 0.232 e. The summed E-state index contributed by atoms with van der Waals surface area (Å²) in [6.45, 7) is 2.13. The fourth-order valence-corrected chi connectivity index (χ4v) is 1.74. The van der Waals surface area contributed by atoms with Crippen LogP contribution in [0.15, 0.2) is 30.3 Å². The minimum Gasteiger partial charge on any atom is -0.368 e. The van der Waals surface area contributed by atoms with Gasteiger partial charge in [0.05, 0.1) is 0 Å². The molecule has 0 fully saturated rings. The van der Waals surface area contributed by atoms with Gasteiger partial charge in [-0.1, -0.05) is 18.2 Å². The van der Waals surface area contributed by atoms with Crippen LogP contribution in [0.4, 0.5) is 17.6 Å². The summed E-state index contributed by atoms with van der Waals surface area (Å²) in [5.74, 6) is 1.68. The Morgan fingerprint density at radius 2 is 1.95 bits per heavy atom.